The zero-order valence-corrected chi connectivity index (χ0v) is 17.3. The number of hydrogen-bond donors (Lipinski definition) is 0. The maximum Gasteiger partial charge on any atom is 0.233 e. The molecule has 0 N–H and O–H groups in total. The van der Waals surface area contributed by atoms with E-state index >= 15 is 0 Å². The minimum Gasteiger partial charge on any atom is -0.366 e. The average Bonchev–Trinajstić information content (AvgIpc) is 2.79. The SMILES string of the molecule is O=C(CSc1nccc(N2CCCCC2)n1)N1CCN(c2ccccc2F)CC1. The number of nitrogens with zero attached hydrogens (tertiary/aromatic N) is 5. The second-order valence-corrected chi connectivity index (χ2v) is 8.30. The number of carbonyl (C=O) groups excluding carboxylic acids is 1. The third kappa shape index (κ3) is 4.98. The van der Waals surface area contributed by atoms with E-state index in [9.17, 15) is 9.18 Å². The van der Waals surface area contributed by atoms with Crippen LogP contribution in [0.15, 0.2) is 41.7 Å². The molecule has 8 heteroatoms. The van der Waals surface area contributed by atoms with E-state index in [1.807, 2.05) is 21.9 Å². The maximum atomic E-state index is 14.0. The molecule has 2 saturated heterocycles. The number of aromatic nitrogens is 2. The van der Waals surface area contributed by atoms with Gasteiger partial charge in [-0.05, 0) is 37.5 Å². The van der Waals surface area contributed by atoms with Crippen LogP contribution in [0.25, 0.3) is 0 Å². The van der Waals surface area contributed by atoms with Crippen LogP contribution >= 0.6 is 11.8 Å². The van der Waals surface area contributed by atoms with Gasteiger partial charge in [0.05, 0.1) is 11.4 Å². The van der Waals surface area contributed by atoms with Crippen LogP contribution in [0.4, 0.5) is 15.9 Å². The Bertz CT molecular complexity index is 837. The third-order valence-corrected chi connectivity index (χ3v) is 6.30. The molecule has 2 aromatic rings. The minimum atomic E-state index is -0.214. The first-order chi connectivity index (χ1) is 14.2. The fourth-order valence-electron chi connectivity index (χ4n) is 3.82. The summed E-state index contributed by atoms with van der Waals surface area (Å²) in [7, 11) is 0. The molecule has 0 atom stereocenters. The lowest BCUT2D eigenvalue weighted by Crippen LogP contribution is -2.49. The summed E-state index contributed by atoms with van der Waals surface area (Å²) in [4.78, 5) is 27.7. The van der Waals surface area contributed by atoms with Gasteiger partial charge in [-0.2, -0.15) is 0 Å². The quantitative estimate of drug-likeness (QED) is 0.553. The number of carbonyl (C=O) groups is 1. The van der Waals surface area contributed by atoms with E-state index in [-0.39, 0.29) is 11.7 Å². The molecule has 2 aliphatic rings. The van der Waals surface area contributed by atoms with Crippen molar-refractivity contribution in [2.45, 2.75) is 24.4 Å². The molecule has 4 rings (SSSR count). The van der Waals surface area contributed by atoms with Gasteiger partial charge in [0.1, 0.15) is 11.6 Å². The van der Waals surface area contributed by atoms with Crippen molar-refractivity contribution in [2.75, 3.05) is 54.8 Å². The molecule has 6 nitrogen and oxygen atoms in total. The Morgan fingerprint density at radius 1 is 0.966 bits per heavy atom. The molecular formula is C21H26FN5OS. The molecule has 0 bridgehead atoms. The van der Waals surface area contributed by atoms with Crippen LogP contribution in [0.2, 0.25) is 0 Å². The lowest BCUT2D eigenvalue weighted by molar-refractivity contribution is -0.128. The van der Waals surface area contributed by atoms with Crippen LogP contribution in [0.1, 0.15) is 19.3 Å². The summed E-state index contributed by atoms with van der Waals surface area (Å²) in [6.07, 6.45) is 5.45. The van der Waals surface area contributed by atoms with E-state index in [0.29, 0.717) is 42.8 Å². The number of piperidine rings is 1. The van der Waals surface area contributed by atoms with Crippen molar-refractivity contribution in [1.82, 2.24) is 14.9 Å². The van der Waals surface area contributed by atoms with Gasteiger partial charge in [-0.1, -0.05) is 23.9 Å². The number of para-hydroxylation sites is 1. The first-order valence-corrected chi connectivity index (χ1v) is 11.2. The van der Waals surface area contributed by atoms with Crippen LogP contribution in [0.3, 0.4) is 0 Å². The number of piperazine rings is 1. The monoisotopic (exact) mass is 415 g/mol. The molecule has 1 aromatic carbocycles. The van der Waals surface area contributed by atoms with Gasteiger partial charge in [0, 0.05) is 45.5 Å². The lowest BCUT2D eigenvalue weighted by atomic mass is 10.1. The summed E-state index contributed by atoms with van der Waals surface area (Å²) in [5.74, 6) is 1.14. The molecule has 1 amide bonds. The highest BCUT2D eigenvalue weighted by Gasteiger charge is 2.23. The number of amides is 1. The zero-order chi connectivity index (χ0) is 20.1. The molecule has 2 aliphatic heterocycles. The Morgan fingerprint density at radius 3 is 2.48 bits per heavy atom. The fourth-order valence-corrected chi connectivity index (χ4v) is 4.55. The van der Waals surface area contributed by atoms with Crippen molar-refractivity contribution in [3.8, 4) is 0 Å². The van der Waals surface area contributed by atoms with Crippen LogP contribution in [-0.2, 0) is 4.79 Å². The predicted octanol–water partition coefficient (Wildman–Crippen LogP) is 3.05. The Labute approximate surface area is 175 Å². The molecule has 0 radical (unpaired) electrons. The highest BCUT2D eigenvalue weighted by molar-refractivity contribution is 7.99. The van der Waals surface area contributed by atoms with Gasteiger partial charge in [0.2, 0.25) is 5.91 Å². The van der Waals surface area contributed by atoms with Gasteiger partial charge in [-0.15, -0.1) is 0 Å². The molecule has 0 unspecified atom stereocenters. The highest BCUT2D eigenvalue weighted by atomic mass is 32.2. The Morgan fingerprint density at radius 2 is 1.72 bits per heavy atom. The molecule has 154 valence electrons. The number of rotatable bonds is 5. The molecular weight excluding hydrogens is 389 g/mol. The van der Waals surface area contributed by atoms with Crippen LogP contribution in [0, 0.1) is 5.82 Å². The summed E-state index contributed by atoms with van der Waals surface area (Å²) in [5, 5.41) is 0.645. The highest BCUT2D eigenvalue weighted by Crippen LogP contribution is 2.22. The Hall–Kier alpha value is -2.35. The Balaban J connectivity index is 1.28. The third-order valence-electron chi connectivity index (χ3n) is 5.45. The molecule has 29 heavy (non-hydrogen) atoms. The molecule has 0 aliphatic carbocycles. The number of hydrogen-bond acceptors (Lipinski definition) is 6. The van der Waals surface area contributed by atoms with Crippen molar-refractivity contribution >= 4 is 29.2 Å². The second-order valence-electron chi connectivity index (χ2n) is 7.35. The molecule has 1 aromatic heterocycles. The number of thioether (sulfide) groups is 1. The van der Waals surface area contributed by atoms with E-state index in [1.54, 1.807) is 18.3 Å². The number of anilines is 2. The van der Waals surface area contributed by atoms with Crippen molar-refractivity contribution in [3.63, 3.8) is 0 Å². The van der Waals surface area contributed by atoms with Gasteiger partial charge >= 0.3 is 0 Å². The predicted molar refractivity (Wildman–Crippen MR) is 114 cm³/mol. The number of benzene rings is 1. The van der Waals surface area contributed by atoms with Gasteiger partial charge < -0.3 is 14.7 Å². The van der Waals surface area contributed by atoms with Crippen LogP contribution in [-0.4, -0.2) is 65.8 Å². The van der Waals surface area contributed by atoms with Crippen LogP contribution in [0.5, 0.6) is 0 Å². The molecule has 0 spiro atoms. The standard InChI is InChI=1S/C21H26FN5OS/c22-17-6-2-3-7-18(17)25-12-14-27(15-13-25)20(28)16-29-21-23-9-8-19(24-21)26-10-4-1-5-11-26/h2-3,6-9H,1,4-5,10-16H2. The first kappa shape index (κ1) is 19.9. The van der Waals surface area contributed by atoms with Gasteiger partial charge in [0.25, 0.3) is 0 Å². The largest absolute Gasteiger partial charge is 0.366 e. The summed E-state index contributed by atoms with van der Waals surface area (Å²) >= 11 is 1.39. The number of halogens is 1. The molecule has 2 fully saturated rings. The van der Waals surface area contributed by atoms with Gasteiger partial charge in [0.15, 0.2) is 5.16 Å². The van der Waals surface area contributed by atoms with E-state index < -0.39 is 0 Å². The molecule has 0 saturated carbocycles. The van der Waals surface area contributed by atoms with Crippen molar-refractivity contribution in [1.29, 1.82) is 0 Å². The zero-order valence-electron chi connectivity index (χ0n) is 16.5. The fraction of sp³-hybridized carbons (Fsp3) is 0.476. The summed E-state index contributed by atoms with van der Waals surface area (Å²) in [6.45, 7) is 4.54. The normalized spacial score (nSPS) is 17.5. The van der Waals surface area contributed by atoms with Gasteiger partial charge in [-0.25, -0.2) is 14.4 Å². The van der Waals surface area contributed by atoms with E-state index in [2.05, 4.69) is 14.9 Å². The topological polar surface area (TPSA) is 52.6 Å². The second kappa shape index (κ2) is 9.43. The van der Waals surface area contributed by atoms with Crippen molar-refractivity contribution in [3.05, 3.63) is 42.3 Å². The lowest BCUT2D eigenvalue weighted by Gasteiger charge is -2.36. The van der Waals surface area contributed by atoms with Gasteiger partial charge in [-0.3, -0.25) is 4.79 Å². The van der Waals surface area contributed by atoms with E-state index in [4.69, 9.17) is 0 Å². The van der Waals surface area contributed by atoms with Crippen LogP contribution < -0.4 is 9.80 Å². The smallest absolute Gasteiger partial charge is 0.233 e. The molecule has 3 heterocycles. The maximum absolute atomic E-state index is 14.0. The average molecular weight is 416 g/mol. The summed E-state index contributed by atoms with van der Waals surface area (Å²) < 4.78 is 14.0. The minimum absolute atomic E-state index is 0.0789. The van der Waals surface area contributed by atoms with Crippen molar-refractivity contribution < 1.29 is 9.18 Å². The first-order valence-electron chi connectivity index (χ1n) is 10.2. The summed E-state index contributed by atoms with van der Waals surface area (Å²) in [6, 6.07) is 8.73. The van der Waals surface area contributed by atoms with E-state index in [0.717, 1.165) is 18.9 Å². The van der Waals surface area contributed by atoms with Crippen molar-refractivity contribution in [2.24, 2.45) is 0 Å². The summed E-state index contributed by atoms with van der Waals surface area (Å²) in [5.41, 5.74) is 0.608. The van der Waals surface area contributed by atoms with E-state index in [1.165, 1.54) is 37.1 Å². The Kier molecular flexibility index (Phi) is 6.49.